The zero-order chi connectivity index (χ0) is 8.48. The maximum Gasteiger partial charge on any atom is 0.0630 e. The van der Waals surface area contributed by atoms with Gasteiger partial charge < -0.3 is 4.74 Å². The van der Waals surface area contributed by atoms with E-state index >= 15 is 0 Å². The monoisotopic (exact) mass is 156 g/mol. The molecule has 0 aromatic carbocycles. The van der Waals surface area contributed by atoms with Crippen molar-refractivity contribution >= 4 is 0 Å². The van der Waals surface area contributed by atoms with Crippen molar-refractivity contribution in [3.8, 4) is 0 Å². The molecule has 0 saturated carbocycles. The van der Waals surface area contributed by atoms with Gasteiger partial charge in [0.25, 0.3) is 0 Å². The SMILES string of the molecule is CC1CCCC(C)(C)OC1C. The van der Waals surface area contributed by atoms with Gasteiger partial charge >= 0.3 is 0 Å². The topological polar surface area (TPSA) is 9.23 Å². The molecule has 1 nitrogen and oxygen atoms in total. The van der Waals surface area contributed by atoms with Crippen molar-refractivity contribution in [2.75, 3.05) is 0 Å². The van der Waals surface area contributed by atoms with Crippen LogP contribution in [0.5, 0.6) is 0 Å². The van der Waals surface area contributed by atoms with Crippen molar-refractivity contribution in [2.24, 2.45) is 5.92 Å². The molecular weight excluding hydrogens is 136 g/mol. The Bertz CT molecular complexity index is 129. The van der Waals surface area contributed by atoms with Crippen LogP contribution >= 0.6 is 0 Å². The highest BCUT2D eigenvalue weighted by Crippen LogP contribution is 2.29. The molecule has 0 aromatic heterocycles. The lowest BCUT2D eigenvalue weighted by Crippen LogP contribution is -2.29. The van der Waals surface area contributed by atoms with Crippen LogP contribution in [0.1, 0.15) is 47.0 Å². The van der Waals surface area contributed by atoms with Crippen molar-refractivity contribution in [1.82, 2.24) is 0 Å². The first kappa shape index (κ1) is 9.05. The van der Waals surface area contributed by atoms with Crippen molar-refractivity contribution in [2.45, 2.75) is 58.7 Å². The molecule has 1 saturated heterocycles. The molecule has 1 aliphatic rings. The Morgan fingerprint density at radius 3 is 2.55 bits per heavy atom. The molecule has 1 rings (SSSR count). The first-order chi connectivity index (χ1) is 5.01. The van der Waals surface area contributed by atoms with Gasteiger partial charge in [0.2, 0.25) is 0 Å². The highest BCUT2D eigenvalue weighted by atomic mass is 16.5. The average Bonchev–Trinajstić information content (AvgIpc) is 1.93. The smallest absolute Gasteiger partial charge is 0.0630 e. The number of rotatable bonds is 0. The molecule has 1 fully saturated rings. The van der Waals surface area contributed by atoms with Crippen LogP contribution in [-0.4, -0.2) is 11.7 Å². The fraction of sp³-hybridized carbons (Fsp3) is 1.00. The van der Waals surface area contributed by atoms with Gasteiger partial charge in [-0.2, -0.15) is 0 Å². The van der Waals surface area contributed by atoms with Gasteiger partial charge in [-0.1, -0.05) is 13.3 Å². The molecule has 11 heavy (non-hydrogen) atoms. The molecular formula is C10H20O. The van der Waals surface area contributed by atoms with Gasteiger partial charge in [-0.15, -0.1) is 0 Å². The van der Waals surface area contributed by atoms with Crippen LogP contribution < -0.4 is 0 Å². The normalized spacial score (nSPS) is 38.2. The van der Waals surface area contributed by atoms with Crippen molar-refractivity contribution in [3.63, 3.8) is 0 Å². The Morgan fingerprint density at radius 1 is 1.27 bits per heavy atom. The Morgan fingerprint density at radius 2 is 1.91 bits per heavy atom. The summed E-state index contributed by atoms with van der Waals surface area (Å²) in [6, 6.07) is 0. The maximum absolute atomic E-state index is 5.91. The van der Waals surface area contributed by atoms with Crippen LogP contribution in [0.4, 0.5) is 0 Å². The standard InChI is InChI=1S/C10H20O/c1-8-6-5-7-10(3,4)11-9(8)2/h8-9H,5-7H2,1-4H3. The molecule has 0 aromatic rings. The van der Waals surface area contributed by atoms with Crippen molar-refractivity contribution in [1.29, 1.82) is 0 Å². The molecule has 2 atom stereocenters. The quantitative estimate of drug-likeness (QED) is 0.524. The molecule has 66 valence electrons. The van der Waals surface area contributed by atoms with E-state index in [0.29, 0.717) is 6.10 Å². The van der Waals surface area contributed by atoms with E-state index in [0.717, 1.165) is 5.92 Å². The minimum Gasteiger partial charge on any atom is -0.372 e. The van der Waals surface area contributed by atoms with Crippen LogP contribution in [0.15, 0.2) is 0 Å². The summed E-state index contributed by atoms with van der Waals surface area (Å²) in [5.74, 6) is 0.733. The van der Waals surface area contributed by atoms with Gasteiger partial charge in [0.1, 0.15) is 0 Å². The molecule has 0 radical (unpaired) electrons. The summed E-state index contributed by atoms with van der Waals surface area (Å²) >= 11 is 0. The lowest BCUT2D eigenvalue weighted by atomic mass is 9.98. The Balaban J connectivity index is 2.55. The van der Waals surface area contributed by atoms with Crippen molar-refractivity contribution in [3.05, 3.63) is 0 Å². The molecule has 1 heterocycles. The van der Waals surface area contributed by atoms with Gasteiger partial charge in [0.05, 0.1) is 11.7 Å². The van der Waals surface area contributed by atoms with Gasteiger partial charge in [-0.3, -0.25) is 0 Å². The fourth-order valence-electron chi connectivity index (χ4n) is 1.76. The molecule has 0 amide bonds. The Kier molecular flexibility index (Phi) is 2.58. The average molecular weight is 156 g/mol. The molecule has 0 N–H and O–H groups in total. The lowest BCUT2D eigenvalue weighted by Gasteiger charge is -2.27. The molecule has 0 bridgehead atoms. The summed E-state index contributed by atoms with van der Waals surface area (Å²) in [5.41, 5.74) is 0.115. The second-order valence-corrected chi connectivity index (χ2v) is 4.45. The third kappa shape index (κ3) is 2.48. The van der Waals surface area contributed by atoms with Crippen LogP contribution in [0.2, 0.25) is 0 Å². The van der Waals surface area contributed by atoms with Gasteiger partial charge in [-0.05, 0) is 39.5 Å². The van der Waals surface area contributed by atoms with Crippen LogP contribution in [-0.2, 0) is 4.74 Å². The molecule has 2 unspecified atom stereocenters. The molecule has 1 heteroatoms. The van der Waals surface area contributed by atoms with E-state index in [1.807, 2.05) is 0 Å². The lowest BCUT2D eigenvalue weighted by molar-refractivity contribution is -0.0739. The third-order valence-electron chi connectivity index (χ3n) is 2.74. The molecule has 0 aliphatic carbocycles. The predicted octanol–water partition coefficient (Wildman–Crippen LogP) is 2.99. The third-order valence-corrected chi connectivity index (χ3v) is 2.74. The van der Waals surface area contributed by atoms with Crippen LogP contribution in [0.3, 0.4) is 0 Å². The predicted molar refractivity (Wildman–Crippen MR) is 47.6 cm³/mol. The Hall–Kier alpha value is -0.0400. The largest absolute Gasteiger partial charge is 0.372 e. The summed E-state index contributed by atoms with van der Waals surface area (Å²) in [5, 5.41) is 0. The fourth-order valence-corrected chi connectivity index (χ4v) is 1.76. The Labute approximate surface area is 70.1 Å². The van der Waals surface area contributed by atoms with E-state index in [1.165, 1.54) is 19.3 Å². The van der Waals surface area contributed by atoms with E-state index in [1.54, 1.807) is 0 Å². The number of hydrogen-bond acceptors (Lipinski definition) is 1. The highest BCUT2D eigenvalue weighted by Gasteiger charge is 2.27. The summed E-state index contributed by atoms with van der Waals surface area (Å²) in [6.07, 6.45) is 4.29. The zero-order valence-corrected chi connectivity index (χ0v) is 8.18. The van der Waals surface area contributed by atoms with Crippen LogP contribution in [0.25, 0.3) is 0 Å². The second kappa shape index (κ2) is 3.14. The first-order valence-corrected chi connectivity index (χ1v) is 4.69. The minimum atomic E-state index is 0.115. The summed E-state index contributed by atoms with van der Waals surface area (Å²) < 4.78 is 5.91. The maximum atomic E-state index is 5.91. The molecule has 1 aliphatic heterocycles. The van der Waals surface area contributed by atoms with E-state index in [-0.39, 0.29) is 5.60 Å². The van der Waals surface area contributed by atoms with Crippen molar-refractivity contribution < 1.29 is 4.74 Å². The first-order valence-electron chi connectivity index (χ1n) is 4.69. The van der Waals surface area contributed by atoms with E-state index in [4.69, 9.17) is 4.74 Å². The second-order valence-electron chi connectivity index (χ2n) is 4.45. The summed E-state index contributed by atoms with van der Waals surface area (Å²) in [6.45, 7) is 8.87. The minimum absolute atomic E-state index is 0.115. The van der Waals surface area contributed by atoms with Crippen LogP contribution in [0, 0.1) is 5.92 Å². The van der Waals surface area contributed by atoms with E-state index in [9.17, 15) is 0 Å². The molecule has 0 spiro atoms. The summed E-state index contributed by atoms with van der Waals surface area (Å²) in [4.78, 5) is 0. The van der Waals surface area contributed by atoms with E-state index < -0.39 is 0 Å². The zero-order valence-electron chi connectivity index (χ0n) is 8.18. The highest BCUT2D eigenvalue weighted by molar-refractivity contribution is 4.77. The van der Waals surface area contributed by atoms with Gasteiger partial charge in [-0.25, -0.2) is 0 Å². The number of hydrogen-bond donors (Lipinski definition) is 0. The van der Waals surface area contributed by atoms with Gasteiger partial charge in [0.15, 0.2) is 0 Å². The van der Waals surface area contributed by atoms with Gasteiger partial charge in [0, 0.05) is 0 Å². The number of ether oxygens (including phenoxy) is 1. The summed E-state index contributed by atoms with van der Waals surface area (Å²) in [7, 11) is 0. The van der Waals surface area contributed by atoms with E-state index in [2.05, 4.69) is 27.7 Å².